The van der Waals surface area contributed by atoms with Crippen LogP contribution in [0, 0.1) is 0 Å². The van der Waals surface area contributed by atoms with Crippen LogP contribution in [0.1, 0.15) is 71.6 Å². The van der Waals surface area contributed by atoms with Crippen LogP contribution in [0.15, 0.2) is 5.16 Å². The lowest BCUT2D eigenvalue weighted by atomic mass is 10.1. The molecule has 0 saturated heterocycles. The predicted molar refractivity (Wildman–Crippen MR) is 62.1 cm³/mol. The number of rotatable bonds is 9. The van der Waals surface area contributed by atoms with E-state index in [1.807, 2.05) is 0 Å². The first-order valence-electron chi connectivity index (χ1n) is 6.04. The summed E-state index contributed by atoms with van der Waals surface area (Å²) in [5, 5.41) is 12.0. The molecule has 0 rings (SSSR count). The van der Waals surface area contributed by atoms with Crippen LogP contribution in [0.25, 0.3) is 0 Å². The molecule has 0 amide bonds. The van der Waals surface area contributed by atoms with Crippen LogP contribution in [-0.2, 0) is 0 Å². The van der Waals surface area contributed by atoms with Gasteiger partial charge in [0.05, 0.1) is 5.71 Å². The van der Waals surface area contributed by atoms with Crippen molar-refractivity contribution in [2.45, 2.75) is 71.6 Å². The van der Waals surface area contributed by atoms with E-state index >= 15 is 0 Å². The van der Waals surface area contributed by atoms with Crippen molar-refractivity contribution in [2.75, 3.05) is 0 Å². The van der Waals surface area contributed by atoms with Crippen LogP contribution in [0.3, 0.4) is 0 Å². The number of oxime groups is 1. The van der Waals surface area contributed by atoms with E-state index in [9.17, 15) is 0 Å². The van der Waals surface area contributed by atoms with Crippen molar-refractivity contribution in [2.24, 2.45) is 5.16 Å². The second kappa shape index (κ2) is 10.6. The summed E-state index contributed by atoms with van der Waals surface area (Å²) in [6.07, 6.45) is 10.8. The Labute approximate surface area is 88.4 Å². The average molecular weight is 199 g/mol. The summed E-state index contributed by atoms with van der Waals surface area (Å²) in [5.41, 5.74) is 0.975. The average Bonchev–Trinajstić information content (AvgIpc) is 2.21. The van der Waals surface area contributed by atoms with Crippen LogP contribution >= 0.6 is 0 Å². The largest absolute Gasteiger partial charge is 0.411 e. The Morgan fingerprint density at radius 2 is 1.50 bits per heavy atom. The van der Waals surface area contributed by atoms with Gasteiger partial charge in [0.25, 0.3) is 0 Å². The highest BCUT2D eigenvalue weighted by molar-refractivity contribution is 5.83. The van der Waals surface area contributed by atoms with Crippen molar-refractivity contribution in [3.05, 3.63) is 0 Å². The van der Waals surface area contributed by atoms with Gasteiger partial charge in [-0.25, -0.2) is 0 Å². The first-order chi connectivity index (χ1) is 6.85. The Kier molecular flexibility index (Phi) is 10.2. The summed E-state index contributed by atoms with van der Waals surface area (Å²) in [5.74, 6) is 0. The number of hydrogen-bond donors (Lipinski definition) is 1. The Morgan fingerprint density at radius 3 is 2.07 bits per heavy atom. The predicted octanol–water partition coefficient (Wildman–Crippen LogP) is 4.37. The molecule has 0 radical (unpaired) electrons. The summed E-state index contributed by atoms with van der Waals surface area (Å²) >= 11 is 0. The zero-order valence-electron chi connectivity index (χ0n) is 9.76. The molecule has 0 saturated carbocycles. The van der Waals surface area contributed by atoms with Gasteiger partial charge >= 0.3 is 0 Å². The number of hydrogen-bond acceptors (Lipinski definition) is 2. The minimum absolute atomic E-state index is 0.950. The molecule has 0 aliphatic carbocycles. The first-order valence-corrected chi connectivity index (χ1v) is 6.04. The van der Waals surface area contributed by atoms with Crippen LogP contribution in [-0.4, -0.2) is 10.9 Å². The maximum Gasteiger partial charge on any atom is 0.0570 e. The molecule has 0 spiro atoms. The first kappa shape index (κ1) is 13.5. The Balaban J connectivity index is 3.25. The van der Waals surface area contributed by atoms with Crippen molar-refractivity contribution in [1.82, 2.24) is 0 Å². The summed E-state index contributed by atoms with van der Waals surface area (Å²) in [6.45, 7) is 4.35. The van der Waals surface area contributed by atoms with E-state index in [1.165, 1.54) is 38.5 Å². The molecule has 2 nitrogen and oxygen atoms in total. The number of unbranched alkanes of at least 4 members (excludes halogenated alkanes) is 5. The summed E-state index contributed by atoms with van der Waals surface area (Å²) in [4.78, 5) is 0. The molecule has 84 valence electrons. The van der Waals surface area contributed by atoms with Crippen LogP contribution in [0.2, 0.25) is 0 Å². The summed E-state index contributed by atoms with van der Waals surface area (Å²) in [7, 11) is 0. The molecule has 0 fully saturated rings. The van der Waals surface area contributed by atoms with Crippen molar-refractivity contribution in [3.63, 3.8) is 0 Å². The third-order valence-electron chi connectivity index (χ3n) is 2.50. The van der Waals surface area contributed by atoms with E-state index < -0.39 is 0 Å². The lowest BCUT2D eigenvalue weighted by Gasteiger charge is -2.02. The van der Waals surface area contributed by atoms with Gasteiger partial charge in [-0.2, -0.15) is 0 Å². The second-order valence-corrected chi connectivity index (χ2v) is 3.93. The highest BCUT2D eigenvalue weighted by atomic mass is 16.4. The van der Waals surface area contributed by atoms with Gasteiger partial charge in [-0.05, 0) is 19.3 Å². The third-order valence-corrected chi connectivity index (χ3v) is 2.50. The van der Waals surface area contributed by atoms with Gasteiger partial charge < -0.3 is 5.21 Å². The van der Waals surface area contributed by atoms with Gasteiger partial charge in [-0.15, -0.1) is 0 Å². The maximum atomic E-state index is 8.69. The topological polar surface area (TPSA) is 32.6 Å². The Hall–Kier alpha value is -0.530. The molecule has 2 heteroatoms. The fourth-order valence-corrected chi connectivity index (χ4v) is 1.62. The molecular formula is C12H25NO. The Morgan fingerprint density at radius 1 is 0.857 bits per heavy atom. The third kappa shape index (κ3) is 8.09. The van der Waals surface area contributed by atoms with Crippen LogP contribution in [0.4, 0.5) is 0 Å². The molecule has 0 aliphatic rings. The molecule has 0 unspecified atom stereocenters. The Bertz CT molecular complexity index is 143. The minimum atomic E-state index is 0.950. The molecule has 0 aromatic carbocycles. The van der Waals surface area contributed by atoms with E-state index in [0.29, 0.717) is 0 Å². The van der Waals surface area contributed by atoms with Gasteiger partial charge in [0.15, 0.2) is 0 Å². The SMILES string of the molecule is CCCCCCCCC(CCC)=NO. The zero-order valence-corrected chi connectivity index (χ0v) is 9.76. The monoisotopic (exact) mass is 199 g/mol. The molecule has 0 bridgehead atoms. The minimum Gasteiger partial charge on any atom is -0.411 e. The van der Waals surface area contributed by atoms with Gasteiger partial charge in [-0.3, -0.25) is 0 Å². The quantitative estimate of drug-likeness (QED) is 0.254. The molecule has 0 aromatic rings. The van der Waals surface area contributed by atoms with Crippen LogP contribution < -0.4 is 0 Å². The van der Waals surface area contributed by atoms with E-state index in [4.69, 9.17) is 5.21 Å². The summed E-state index contributed by atoms with van der Waals surface area (Å²) in [6, 6.07) is 0. The maximum absolute atomic E-state index is 8.69. The van der Waals surface area contributed by atoms with Crippen molar-refractivity contribution >= 4 is 5.71 Å². The summed E-state index contributed by atoms with van der Waals surface area (Å²) < 4.78 is 0. The fourth-order valence-electron chi connectivity index (χ4n) is 1.62. The van der Waals surface area contributed by atoms with E-state index in [1.54, 1.807) is 0 Å². The molecule has 0 aliphatic heterocycles. The molecular weight excluding hydrogens is 174 g/mol. The smallest absolute Gasteiger partial charge is 0.0570 e. The standard InChI is InChI=1S/C12H25NO/c1-3-5-6-7-8-9-11-12(13-14)10-4-2/h14H,3-11H2,1-2H3. The van der Waals surface area contributed by atoms with Gasteiger partial charge in [0.2, 0.25) is 0 Å². The van der Waals surface area contributed by atoms with Gasteiger partial charge in [-0.1, -0.05) is 57.5 Å². The molecule has 0 heterocycles. The highest BCUT2D eigenvalue weighted by Crippen LogP contribution is 2.09. The van der Waals surface area contributed by atoms with E-state index in [2.05, 4.69) is 19.0 Å². The lowest BCUT2D eigenvalue weighted by molar-refractivity contribution is 0.315. The van der Waals surface area contributed by atoms with E-state index in [-0.39, 0.29) is 0 Å². The molecule has 0 aromatic heterocycles. The van der Waals surface area contributed by atoms with E-state index in [0.717, 1.165) is 25.0 Å². The molecule has 1 N–H and O–H groups in total. The zero-order chi connectivity index (χ0) is 10.6. The number of nitrogens with zero attached hydrogens (tertiary/aromatic N) is 1. The normalized spacial score (nSPS) is 12.0. The van der Waals surface area contributed by atoms with Crippen molar-refractivity contribution in [3.8, 4) is 0 Å². The fraction of sp³-hybridized carbons (Fsp3) is 0.917. The molecule has 0 atom stereocenters. The van der Waals surface area contributed by atoms with Crippen molar-refractivity contribution < 1.29 is 5.21 Å². The highest BCUT2D eigenvalue weighted by Gasteiger charge is 1.98. The second-order valence-electron chi connectivity index (χ2n) is 3.93. The van der Waals surface area contributed by atoms with Crippen LogP contribution in [0.5, 0.6) is 0 Å². The van der Waals surface area contributed by atoms with Crippen molar-refractivity contribution in [1.29, 1.82) is 0 Å². The molecule has 14 heavy (non-hydrogen) atoms. The lowest BCUT2D eigenvalue weighted by Crippen LogP contribution is -1.97. The van der Waals surface area contributed by atoms with Gasteiger partial charge in [0.1, 0.15) is 0 Å². The van der Waals surface area contributed by atoms with Gasteiger partial charge in [0, 0.05) is 0 Å².